The summed E-state index contributed by atoms with van der Waals surface area (Å²) < 4.78 is 5.15. The van der Waals surface area contributed by atoms with Gasteiger partial charge in [-0.25, -0.2) is 4.79 Å². The first kappa shape index (κ1) is 13.5. The summed E-state index contributed by atoms with van der Waals surface area (Å²) in [6.07, 6.45) is 0. The first-order valence-corrected chi connectivity index (χ1v) is 6.88. The van der Waals surface area contributed by atoms with E-state index in [0.29, 0.717) is 43.2 Å². The zero-order valence-corrected chi connectivity index (χ0v) is 11.8. The lowest BCUT2D eigenvalue weighted by molar-refractivity contribution is 0.0617. The third-order valence-electron chi connectivity index (χ3n) is 4.04. The molecule has 3 N–H and O–H groups in total. The Kier molecular flexibility index (Phi) is 3.32. The van der Waals surface area contributed by atoms with Crippen LogP contribution in [0.2, 0.25) is 0 Å². The van der Waals surface area contributed by atoms with Crippen molar-refractivity contribution in [3.8, 4) is 5.75 Å². The van der Waals surface area contributed by atoms with Crippen LogP contribution in [0.5, 0.6) is 5.75 Å². The molecule has 1 unspecified atom stereocenters. The molecule has 0 spiro atoms. The molecule has 2 saturated heterocycles. The Morgan fingerprint density at radius 1 is 1.43 bits per heavy atom. The zero-order valence-electron chi connectivity index (χ0n) is 11.8. The molecule has 0 aliphatic carbocycles. The molecule has 2 aliphatic rings. The summed E-state index contributed by atoms with van der Waals surface area (Å²) in [6, 6.07) is 5.17. The minimum Gasteiger partial charge on any atom is -0.495 e. The SMILES string of the molecule is COc1cccc(C(=O)N2CCN3C(=O)NCC3C2)c1N. The Hall–Kier alpha value is -2.44. The highest BCUT2D eigenvalue weighted by Crippen LogP contribution is 2.26. The number of hydrogen-bond donors (Lipinski definition) is 2. The molecule has 1 aromatic carbocycles. The highest BCUT2D eigenvalue weighted by atomic mass is 16.5. The smallest absolute Gasteiger partial charge is 0.317 e. The lowest BCUT2D eigenvalue weighted by atomic mass is 10.1. The van der Waals surface area contributed by atoms with Crippen molar-refractivity contribution < 1.29 is 14.3 Å². The van der Waals surface area contributed by atoms with Crippen LogP contribution >= 0.6 is 0 Å². The Balaban J connectivity index is 1.79. The summed E-state index contributed by atoms with van der Waals surface area (Å²) in [4.78, 5) is 27.7. The number of hydrogen-bond acceptors (Lipinski definition) is 4. The van der Waals surface area contributed by atoms with Crippen molar-refractivity contribution in [2.75, 3.05) is 39.0 Å². The Bertz CT molecular complexity index is 590. The molecule has 21 heavy (non-hydrogen) atoms. The lowest BCUT2D eigenvalue weighted by Gasteiger charge is -2.36. The molecule has 112 valence electrons. The van der Waals surface area contributed by atoms with E-state index in [1.54, 1.807) is 28.0 Å². The summed E-state index contributed by atoms with van der Waals surface area (Å²) >= 11 is 0. The maximum Gasteiger partial charge on any atom is 0.317 e. The number of benzene rings is 1. The Morgan fingerprint density at radius 2 is 2.24 bits per heavy atom. The molecule has 0 radical (unpaired) electrons. The van der Waals surface area contributed by atoms with E-state index >= 15 is 0 Å². The van der Waals surface area contributed by atoms with E-state index < -0.39 is 0 Å². The number of nitrogens with one attached hydrogen (secondary N) is 1. The summed E-state index contributed by atoms with van der Waals surface area (Å²) in [5.41, 5.74) is 6.78. The Labute approximate surface area is 122 Å². The van der Waals surface area contributed by atoms with Gasteiger partial charge in [-0.05, 0) is 12.1 Å². The largest absolute Gasteiger partial charge is 0.495 e. The van der Waals surface area contributed by atoms with Crippen molar-refractivity contribution in [2.45, 2.75) is 6.04 Å². The molecule has 0 bridgehead atoms. The number of nitrogens with zero attached hydrogens (tertiary/aromatic N) is 2. The van der Waals surface area contributed by atoms with Crippen molar-refractivity contribution in [3.63, 3.8) is 0 Å². The van der Waals surface area contributed by atoms with Crippen LogP contribution in [0.25, 0.3) is 0 Å². The minimum atomic E-state index is -0.120. The van der Waals surface area contributed by atoms with E-state index in [1.807, 2.05) is 0 Å². The van der Waals surface area contributed by atoms with Crippen LogP contribution in [0.4, 0.5) is 10.5 Å². The average molecular weight is 290 g/mol. The van der Waals surface area contributed by atoms with Crippen LogP contribution < -0.4 is 15.8 Å². The maximum atomic E-state index is 12.6. The van der Waals surface area contributed by atoms with E-state index in [2.05, 4.69) is 5.32 Å². The number of rotatable bonds is 2. The van der Waals surface area contributed by atoms with Gasteiger partial charge in [-0.15, -0.1) is 0 Å². The highest BCUT2D eigenvalue weighted by molar-refractivity contribution is 6.00. The molecule has 1 aromatic rings. The average Bonchev–Trinajstić information content (AvgIpc) is 2.88. The van der Waals surface area contributed by atoms with Crippen LogP contribution in [0, 0.1) is 0 Å². The topological polar surface area (TPSA) is 87.9 Å². The number of anilines is 1. The fourth-order valence-electron chi connectivity index (χ4n) is 2.87. The maximum absolute atomic E-state index is 12.6. The van der Waals surface area contributed by atoms with E-state index in [-0.39, 0.29) is 18.0 Å². The number of carbonyl (C=O) groups is 2. The molecular formula is C14H18N4O3. The quantitative estimate of drug-likeness (QED) is 0.758. The summed E-state index contributed by atoms with van der Waals surface area (Å²) in [6.45, 7) is 2.16. The van der Waals surface area contributed by atoms with Gasteiger partial charge >= 0.3 is 6.03 Å². The number of ether oxygens (including phenoxy) is 1. The first-order chi connectivity index (χ1) is 10.1. The first-order valence-electron chi connectivity index (χ1n) is 6.88. The summed E-state index contributed by atoms with van der Waals surface area (Å²) in [5.74, 6) is 0.377. The van der Waals surface area contributed by atoms with Gasteiger partial charge in [0.05, 0.1) is 24.4 Å². The fourth-order valence-corrected chi connectivity index (χ4v) is 2.87. The molecule has 3 amide bonds. The van der Waals surface area contributed by atoms with E-state index in [0.717, 1.165) is 0 Å². The van der Waals surface area contributed by atoms with Crippen molar-refractivity contribution >= 4 is 17.6 Å². The van der Waals surface area contributed by atoms with Crippen LogP contribution in [-0.2, 0) is 0 Å². The van der Waals surface area contributed by atoms with Gasteiger partial charge in [-0.3, -0.25) is 4.79 Å². The molecule has 2 heterocycles. The minimum absolute atomic E-state index is 0.0435. The Morgan fingerprint density at radius 3 is 3.00 bits per heavy atom. The number of nitrogen functional groups attached to an aromatic ring is 1. The molecule has 0 saturated carbocycles. The molecule has 0 aromatic heterocycles. The van der Waals surface area contributed by atoms with Gasteiger partial charge < -0.3 is 25.6 Å². The number of methoxy groups -OCH3 is 1. The van der Waals surface area contributed by atoms with Gasteiger partial charge in [0.25, 0.3) is 5.91 Å². The number of carbonyl (C=O) groups excluding carboxylic acids is 2. The standard InChI is InChI=1S/C14H18N4O3/c1-21-11-4-2-3-10(12(11)15)13(19)17-5-6-18-9(8-17)7-16-14(18)20/h2-4,9H,5-8,15H2,1H3,(H,16,20). The van der Waals surface area contributed by atoms with Crippen LogP contribution in [0.3, 0.4) is 0 Å². The van der Waals surface area contributed by atoms with Gasteiger partial charge in [-0.2, -0.15) is 0 Å². The third-order valence-corrected chi connectivity index (χ3v) is 4.04. The third kappa shape index (κ3) is 2.24. The predicted octanol–water partition coefficient (Wildman–Crippen LogP) is 0.127. The van der Waals surface area contributed by atoms with Gasteiger partial charge in [0.1, 0.15) is 5.75 Å². The number of urea groups is 1. The summed E-state index contributed by atoms with van der Waals surface area (Å²) in [7, 11) is 1.52. The molecule has 7 heteroatoms. The van der Waals surface area contributed by atoms with Crippen LogP contribution in [0.15, 0.2) is 18.2 Å². The molecular weight excluding hydrogens is 272 g/mol. The summed E-state index contributed by atoms with van der Waals surface area (Å²) in [5, 5.41) is 2.79. The molecule has 3 rings (SSSR count). The number of piperazine rings is 1. The fraction of sp³-hybridized carbons (Fsp3) is 0.429. The number of para-hydroxylation sites is 1. The van der Waals surface area contributed by atoms with Crippen LogP contribution in [-0.4, -0.2) is 61.1 Å². The van der Waals surface area contributed by atoms with E-state index in [1.165, 1.54) is 7.11 Å². The second-order valence-corrected chi connectivity index (χ2v) is 5.21. The zero-order chi connectivity index (χ0) is 15.0. The van der Waals surface area contributed by atoms with Gasteiger partial charge in [-0.1, -0.05) is 6.07 Å². The van der Waals surface area contributed by atoms with Crippen molar-refractivity contribution in [1.29, 1.82) is 0 Å². The molecule has 7 nitrogen and oxygen atoms in total. The second-order valence-electron chi connectivity index (χ2n) is 5.21. The predicted molar refractivity (Wildman–Crippen MR) is 77.2 cm³/mol. The second kappa shape index (κ2) is 5.16. The van der Waals surface area contributed by atoms with Gasteiger partial charge in [0, 0.05) is 26.2 Å². The van der Waals surface area contributed by atoms with Crippen molar-refractivity contribution in [3.05, 3.63) is 23.8 Å². The molecule has 1 atom stereocenters. The number of amides is 3. The van der Waals surface area contributed by atoms with Gasteiger partial charge in [0.2, 0.25) is 0 Å². The monoisotopic (exact) mass is 290 g/mol. The van der Waals surface area contributed by atoms with Crippen LogP contribution in [0.1, 0.15) is 10.4 Å². The van der Waals surface area contributed by atoms with Crippen molar-refractivity contribution in [1.82, 2.24) is 15.1 Å². The highest BCUT2D eigenvalue weighted by Gasteiger charge is 2.37. The van der Waals surface area contributed by atoms with E-state index in [9.17, 15) is 9.59 Å². The van der Waals surface area contributed by atoms with Crippen molar-refractivity contribution in [2.24, 2.45) is 0 Å². The molecule has 2 aliphatic heterocycles. The van der Waals surface area contributed by atoms with Gasteiger partial charge in [0.15, 0.2) is 0 Å². The molecule has 2 fully saturated rings. The number of nitrogens with two attached hydrogens (primary N) is 1. The lowest BCUT2D eigenvalue weighted by Crippen LogP contribution is -2.53. The normalized spacial score (nSPS) is 21.0. The van der Waals surface area contributed by atoms with E-state index in [4.69, 9.17) is 10.5 Å². The number of fused-ring (bicyclic) bond motifs is 1.